The van der Waals surface area contributed by atoms with E-state index in [9.17, 15) is 9.59 Å². The molecule has 1 atom stereocenters. The molecule has 19 heavy (non-hydrogen) atoms. The third-order valence-electron chi connectivity index (χ3n) is 3.02. The molecule has 0 spiro atoms. The quantitative estimate of drug-likeness (QED) is 0.893. The van der Waals surface area contributed by atoms with Crippen LogP contribution in [0.25, 0.3) is 0 Å². The number of rotatable bonds is 3. The van der Waals surface area contributed by atoms with E-state index in [1.165, 1.54) is 12.1 Å². The molecule has 0 radical (unpaired) electrons. The first-order valence-electron chi connectivity index (χ1n) is 6.00. The molecule has 0 bridgehead atoms. The number of carbonyl (C=O) groups is 2. The van der Waals surface area contributed by atoms with Crippen LogP contribution in [-0.4, -0.2) is 30.2 Å². The summed E-state index contributed by atoms with van der Waals surface area (Å²) >= 11 is 5.84. The second-order valence-electron chi connectivity index (χ2n) is 4.37. The van der Waals surface area contributed by atoms with Gasteiger partial charge in [-0.25, -0.2) is 4.79 Å². The van der Waals surface area contributed by atoms with Crippen molar-refractivity contribution in [3.8, 4) is 0 Å². The van der Waals surface area contributed by atoms with Crippen LogP contribution in [-0.2, 0) is 9.53 Å². The van der Waals surface area contributed by atoms with Crippen molar-refractivity contribution in [2.45, 2.75) is 12.8 Å². The molecule has 2 N–H and O–H groups in total. The zero-order valence-electron chi connectivity index (χ0n) is 10.2. The van der Waals surface area contributed by atoms with E-state index < -0.39 is 5.97 Å². The van der Waals surface area contributed by atoms with Gasteiger partial charge in [0.1, 0.15) is 5.56 Å². The number of anilines is 1. The smallest absolute Gasteiger partial charge is 0.339 e. The number of nitrogens with one attached hydrogen (secondary N) is 1. The van der Waals surface area contributed by atoms with Gasteiger partial charge in [-0.1, -0.05) is 17.7 Å². The van der Waals surface area contributed by atoms with Crippen LogP contribution < -0.4 is 5.32 Å². The lowest BCUT2D eigenvalue weighted by Crippen LogP contribution is -2.30. The van der Waals surface area contributed by atoms with Crippen molar-refractivity contribution in [1.29, 1.82) is 0 Å². The molecule has 0 aromatic heterocycles. The molecule has 1 heterocycles. The highest BCUT2D eigenvalue weighted by atomic mass is 35.5. The molecule has 0 aliphatic carbocycles. The molecule has 1 saturated heterocycles. The average molecular weight is 284 g/mol. The number of hydrogen-bond acceptors (Lipinski definition) is 3. The van der Waals surface area contributed by atoms with E-state index in [-0.39, 0.29) is 28.1 Å². The molecule has 1 aromatic rings. The second-order valence-corrected chi connectivity index (χ2v) is 4.78. The highest BCUT2D eigenvalue weighted by Gasteiger charge is 2.24. The van der Waals surface area contributed by atoms with Crippen LogP contribution in [0.4, 0.5) is 5.69 Å². The number of hydrogen-bond donors (Lipinski definition) is 2. The normalized spacial score (nSPS) is 18.9. The fraction of sp³-hybridized carbons (Fsp3) is 0.385. The molecule has 1 aliphatic heterocycles. The summed E-state index contributed by atoms with van der Waals surface area (Å²) < 4.78 is 5.24. The SMILES string of the molecule is O=C(O)c1c(Cl)cccc1NC(=O)C1CCCOC1. The minimum Gasteiger partial charge on any atom is -0.478 e. The van der Waals surface area contributed by atoms with E-state index in [1.807, 2.05) is 0 Å². The van der Waals surface area contributed by atoms with Crippen LogP contribution >= 0.6 is 11.6 Å². The summed E-state index contributed by atoms with van der Waals surface area (Å²) in [5.41, 5.74) is 0.129. The summed E-state index contributed by atoms with van der Waals surface area (Å²) in [5.74, 6) is -1.64. The lowest BCUT2D eigenvalue weighted by Gasteiger charge is -2.21. The molecule has 0 saturated carbocycles. The Morgan fingerprint density at radius 3 is 2.84 bits per heavy atom. The minimum atomic E-state index is -1.17. The van der Waals surface area contributed by atoms with Crippen molar-refractivity contribution in [2.75, 3.05) is 18.5 Å². The van der Waals surface area contributed by atoms with Crippen molar-refractivity contribution >= 4 is 29.2 Å². The van der Waals surface area contributed by atoms with E-state index >= 15 is 0 Å². The summed E-state index contributed by atoms with van der Waals surface area (Å²) in [7, 11) is 0. The Kier molecular flexibility index (Phi) is 4.39. The Bertz CT molecular complexity index is 497. The van der Waals surface area contributed by atoms with Crippen molar-refractivity contribution in [3.63, 3.8) is 0 Å². The Balaban J connectivity index is 2.16. The number of aromatic carboxylic acids is 1. The van der Waals surface area contributed by atoms with Crippen molar-refractivity contribution in [3.05, 3.63) is 28.8 Å². The number of carboxylic acids is 1. The second kappa shape index (κ2) is 6.04. The van der Waals surface area contributed by atoms with Gasteiger partial charge in [0.05, 0.1) is 23.2 Å². The predicted octanol–water partition coefficient (Wildman–Crippen LogP) is 2.40. The molecular formula is C13H14ClNO4. The molecular weight excluding hydrogens is 270 g/mol. The summed E-state index contributed by atoms with van der Waals surface area (Å²) in [6, 6.07) is 4.60. The number of amides is 1. The van der Waals surface area contributed by atoms with E-state index in [0.29, 0.717) is 13.2 Å². The van der Waals surface area contributed by atoms with Gasteiger partial charge in [0.25, 0.3) is 0 Å². The maximum absolute atomic E-state index is 12.0. The molecule has 2 rings (SSSR count). The van der Waals surface area contributed by atoms with Gasteiger partial charge in [0.15, 0.2) is 0 Å². The number of carboxylic acid groups (broad SMARTS) is 1. The molecule has 6 heteroatoms. The Labute approximate surface area is 115 Å². The monoisotopic (exact) mass is 283 g/mol. The number of carbonyl (C=O) groups excluding carboxylic acids is 1. The Hall–Kier alpha value is -1.59. The summed E-state index contributed by atoms with van der Waals surface area (Å²) in [5, 5.41) is 11.8. The number of halogens is 1. The lowest BCUT2D eigenvalue weighted by atomic mass is 10.0. The molecule has 1 amide bonds. The third kappa shape index (κ3) is 3.24. The first-order chi connectivity index (χ1) is 9.09. The van der Waals surface area contributed by atoms with Crippen LogP contribution in [0.1, 0.15) is 23.2 Å². The fourth-order valence-electron chi connectivity index (χ4n) is 2.03. The molecule has 1 aromatic carbocycles. The van der Waals surface area contributed by atoms with Crippen LogP contribution in [0.3, 0.4) is 0 Å². The highest BCUT2D eigenvalue weighted by molar-refractivity contribution is 6.34. The van der Waals surface area contributed by atoms with Crippen LogP contribution in [0.5, 0.6) is 0 Å². The van der Waals surface area contributed by atoms with Gasteiger partial charge in [-0.2, -0.15) is 0 Å². The van der Waals surface area contributed by atoms with E-state index in [0.717, 1.165) is 12.8 Å². The zero-order chi connectivity index (χ0) is 13.8. The van der Waals surface area contributed by atoms with Crippen LogP contribution in [0, 0.1) is 5.92 Å². The van der Waals surface area contributed by atoms with E-state index in [2.05, 4.69) is 5.32 Å². The average Bonchev–Trinajstić information content (AvgIpc) is 2.39. The predicted molar refractivity (Wildman–Crippen MR) is 70.6 cm³/mol. The molecule has 1 aliphatic rings. The molecule has 1 unspecified atom stereocenters. The Morgan fingerprint density at radius 1 is 1.42 bits per heavy atom. The summed E-state index contributed by atoms with van der Waals surface area (Å²) in [6.45, 7) is 1.04. The van der Waals surface area contributed by atoms with Crippen LogP contribution in [0.2, 0.25) is 5.02 Å². The van der Waals surface area contributed by atoms with E-state index in [1.54, 1.807) is 6.07 Å². The topological polar surface area (TPSA) is 75.6 Å². The molecule has 102 valence electrons. The third-order valence-corrected chi connectivity index (χ3v) is 3.33. The van der Waals surface area contributed by atoms with Gasteiger partial charge in [-0.05, 0) is 25.0 Å². The first kappa shape index (κ1) is 13.8. The summed E-state index contributed by atoms with van der Waals surface area (Å²) in [6.07, 6.45) is 1.58. The largest absolute Gasteiger partial charge is 0.478 e. The first-order valence-corrected chi connectivity index (χ1v) is 6.38. The zero-order valence-corrected chi connectivity index (χ0v) is 10.9. The maximum atomic E-state index is 12.0. The van der Waals surface area contributed by atoms with Gasteiger partial charge in [0.2, 0.25) is 5.91 Å². The fourth-order valence-corrected chi connectivity index (χ4v) is 2.28. The summed E-state index contributed by atoms with van der Waals surface area (Å²) in [4.78, 5) is 23.2. The van der Waals surface area contributed by atoms with Crippen LogP contribution in [0.15, 0.2) is 18.2 Å². The number of ether oxygens (including phenoxy) is 1. The van der Waals surface area contributed by atoms with Gasteiger partial charge < -0.3 is 15.2 Å². The van der Waals surface area contributed by atoms with Gasteiger partial charge in [-0.3, -0.25) is 4.79 Å². The highest BCUT2D eigenvalue weighted by Crippen LogP contribution is 2.25. The van der Waals surface area contributed by atoms with Crippen molar-refractivity contribution in [2.24, 2.45) is 5.92 Å². The lowest BCUT2D eigenvalue weighted by molar-refractivity contribution is -0.123. The standard InChI is InChI=1S/C13H14ClNO4/c14-9-4-1-5-10(11(9)13(17)18)15-12(16)8-3-2-6-19-7-8/h1,4-5,8H,2-3,6-7H2,(H,15,16)(H,17,18). The van der Waals surface area contributed by atoms with Gasteiger partial charge in [-0.15, -0.1) is 0 Å². The molecule has 5 nitrogen and oxygen atoms in total. The molecule has 1 fully saturated rings. The van der Waals surface area contributed by atoms with Gasteiger partial charge >= 0.3 is 5.97 Å². The van der Waals surface area contributed by atoms with E-state index in [4.69, 9.17) is 21.4 Å². The van der Waals surface area contributed by atoms with Gasteiger partial charge in [0, 0.05) is 6.61 Å². The van der Waals surface area contributed by atoms with Crippen molar-refractivity contribution < 1.29 is 19.4 Å². The minimum absolute atomic E-state index is 0.0887. The Morgan fingerprint density at radius 2 is 2.21 bits per heavy atom. The number of benzene rings is 1. The maximum Gasteiger partial charge on any atom is 0.339 e. The van der Waals surface area contributed by atoms with Crippen molar-refractivity contribution in [1.82, 2.24) is 0 Å².